The van der Waals surface area contributed by atoms with Gasteiger partial charge >= 0.3 is 0 Å². The molecule has 19 heteroatoms. The molecule has 0 spiro atoms. The smallest absolute Gasteiger partial charge is 0.220 e. The third kappa shape index (κ3) is 37.3. The summed E-state index contributed by atoms with van der Waals surface area (Å²) < 4.78 is 34.4. The summed E-state index contributed by atoms with van der Waals surface area (Å²) in [5, 5.41) is 121. The molecular formula is C75H137NO18. The molecule has 12 N–H and O–H groups in total. The first-order chi connectivity index (χ1) is 45.8. The van der Waals surface area contributed by atoms with Crippen LogP contribution in [-0.2, 0) is 33.2 Å². The third-order valence-corrected chi connectivity index (χ3v) is 18.8. The number of hydrogen-bond donors (Lipinski definition) is 12. The van der Waals surface area contributed by atoms with E-state index in [9.17, 15) is 61.0 Å². The number of carbonyl (C=O) groups is 1. The van der Waals surface area contributed by atoms with Gasteiger partial charge in [0.2, 0.25) is 5.91 Å². The number of carbonyl (C=O) groups excluding carboxylic acids is 1. The van der Waals surface area contributed by atoms with Crippen LogP contribution in [0.4, 0.5) is 0 Å². The summed E-state index contributed by atoms with van der Waals surface area (Å²) in [5.74, 6) is -0.288. The summed E-state index contributed by atoms with van der Waals surface area (Å²) in [7, 11) is 0. The lowest BCUT2D eigenvalue weighted by atomic mass is 9.96. The van der Waals surface area contributed by atoms with Gasteiger partial charge in [-0.25, -0.2) is 0 Å². The summed E-state index contributed by atoms with van der Waals surface area (Å²) >= 11 is 0. The van der Waals surface area contributed by atoms with Crippen molar-refractivity contribution in [3.8, 4) is 0 Å². The third-order valence-electron chi connectivity index (χ3n) is 18.8. The van der Waals surface area contributed by atoms with Crippen LogP contribution in [0, 0.1) is 0 Å². The quantitative estimate of drug-likeness (QED) is 0.0199. The number of amides is 1. The van der Waals surface area contributed by atoms with Gasteiger partial charge in [0.05, 0.1) is 38.6 Å². The number of aliphatic hydroxyl groups is 11. The minimum Gasteiger partial charge on any atom is -0.394 e. The van der Waals surface area contributed by atoms with Gasteiger partial charge < -0.3 is 89.9 Å². The molecule has 3 heterocycles. The second-order valence-electron chi connectivity index (χ2n) is 27.1. The first-order valence-electron chi connectivity index (χ1n) is 37.9. The number of hydrogen-bond acceptors (Lipinski definition) is 18. The molecule has 3 aliphatic heterocycles. The second kappa shape index (κ2) is 56.5. The van der Waals surface area contributed by atoms with Crippen molar-refractivity contribution >= 4 is 5.91 Å². The van der Waals surface area contributed by atoms with E-state index in [4.69, 9.17) is 28.4 Å². The molecule has 0 aromatic carbocycles. The lowest BCUT2D eigenvalue weighted by Gasteiger charge is -2.48. The van der Waals surface area contributed by atoms with Gasteiger partial charge in [-0.3, -0.25) is 4.79 Å². The molecule has 3 fully saturated rings. The predicted molar refractivity (Wildman–Crippen MR) is 369 cm³/mol. The van der Waals surface area contributed by atoms with Gasteiger partial charge in [0, 0.05) is 6.42 Å². The van der Waals surface area contributed by atoms with Gasteiger partial charge in [-0.05, 0) is 70.6 Å². The van der Waals surface area contributed by atoms with Crippen LogP contribution in [0.5, 0.6) is 0 Å². The van der Waals surface area contributed by atoms with E-state index in [1.54, 1.807) is 6.08 Å². The largest absolute Gasteiger partial charge is 0.394 e. The Morgan fingerprint density at radius 1 is 0.372 bits per heavy atom. The zero-order chi connectivity index (χ0) is 68.2. The van der Waals surface area contributed by atoms with Crippen LogP contribution in [0.3, 0.4) is 0 Å². The fourth-order valence-electron chi connectivity index (χ4n) is 12.7. The van der Waals surface area contributed by atoms with Gasteiger partial charge in [0.25, 0.3) is 0 Å². The minimum atomic E-state index is -1.98. The lowest BCUT2D eigenvalue weighted by Crippen LogP contribution is -2.66. The summed E-state index contributed by atoms with van der Waals surface area (Å²) in [6, 6.07) is -0.999. The van der Waals surface area contributed by atoms with Crippen LogP contribution in [0.25, 0.3) is 0 Å². The van der Waals surface area contributed by atoms with Crippen LogP contribution < -0.4 is 5.32 Å². The van der Waals surface area contributed by atoms with Crippen molar-refractivity contribution < 1.29 is 89.4 Å². The SMILES string of the molecule is CCCCCCCCCC/C=C\CCCCCCCCCCCCCC(=O)NC(COC1OC(CO)C(OC2OC(CO)C(OC3OC(CO)C(O)C(O)C3O)C(O)C2O)C(O)C1O)C(O)/C=C/CC/C=C/CC/C=C/CCCCCCCCCCCCCCCCCC. The highest BCUT2D eigenvalue weighted by Gasteiger charge is 2.53. The van der Waals surface area contributed by atoms with Gasteiger partial charge in [-0.2, -0.15) is 0 Å². The van der Waals surface area contributed by atoms with Crippen LogP contribution in [0.2, 0.25) is 0 Å². The number of nitrogens with one attached hydrogen (secondary N) is 1. The Kier molecular flexibility index (Phi) is 51.7. The molecule has 3 rings (SSSR count). The zero-order valence-corrected chi connectivity index (χ0v) is 58.4. The Morgan fingerprint density at radius 2 is 0.681 bits per heavy atom. The normalized spacial score (nSPS) is 27.6. The molecular weight excluding hydrogens is 1200 g/mol. The molecule has 19 nitrogen and oxygen atoms in total. The standard InChI is InChI=1S/C75H137NO18/c1-3-5-7-9-11-13-15-17-19-21-23-25-27-28-29-31-32-34-36-38-40-42-44-46-48-50-52-59(80)58(76-63(81)53-51-49-47-45-43-41-39-37-35-33-30-26-24-22-20-18-16-14-12-10-8-6-4-2)57-89-73-69(87)66(84)71(61(55-78)91-73)94-75-70(88)67(85)72(62(56-79)92-75)93-74-68(86)65(83)64(82)60(54-77)90-74/h22,24,34,36,42,44,50,52,58-62,64-75,77-80,82-88H,3-21,23,25-33,35,37-41,43,45-49,51,53-57H2,1-2H3,(H,76,81)/b24-22-,36-34+,44-42+,52-50+. The highest BCUT2D eigenvalue weighted by atomic mass is 16.8. The molecule has 0 radical (unpaired) electrons. The number of aliphatic hydroxyl groups excluding tert-OH is 11. The van der Waals surface area contributed by atoms with E-state index >= 15 is 0 Å². The molecule has 0 aromatic heterocycles. The Morgan fingerprint density at radius 3 is 1.06 bits per heavy atom. The summed E-state index contributed by atoms with van der Waals surface area (Å²) in [4.78, 5) is 13.4. The van der Waals surface area contributed by atoms with E-state index in [1.807, 2.05) is 6.08 Å². The number of rotatable bonds is 59. The second-order valence-corrected chi connectivity index (χ2v) is 27.1. The topological polar surface area (TPSA) is 307 Å². The fourth-order valence-corrected chi connectivity index (χ4v) is 12.7. The molecule has 0 saturated carbocycles. The molecule has 0 aliphatic carbocycles. The van der Waals surface area contributed by atoms with Crippen molar-refractivity contribution in [1.82, 2.24) is 5.32 Å². The maximum atomic E-state index is 13.4. The molecule has 17 unspecified atom stereocenters. The van der Waals surface area contributed by atoms with Crippen LogP contribution >= 0.6 is 0 Å². The van der Waals surface area contributed by atoms with E-state index in [1.165, 1.54) is 212 Å². The monoisotopic (exact) mass is 1340 g/mol. The predicted octanol–water partition coefficient (Wildman–Crippen LogP) is 11.3. The van der Waals surface area contributed by atoms with Crippen molar-refractivity contribution in [3.05, 3.63) is 48.6 Å². The molecule has 0 bridgehead atoms. The molecule has 550 valence electrons. The maximum absolute atomic E-state index is 13.4. The van der Waals surface area contributed by atoms with Crippen LogP contribution in [0.15, 0.2) is 48.6 Å². The van der Waals surface area contributed by atoms with Crippen molar-refractivity contribution in [2.75, 3.05) is 26.4 Å². The minimum absolute atomic E-state index is 0.231. The Balaban J connectivity index is 1.43. The van der Waals surface area contributed by atoms with E-state index in [0.717, 1.165) is 44.9 Å². The zero-order valence-electron chi connectivity index (χ0n) is 58.4. The van der Waals surface area contributed by atoms with Crippen LogP contribution in [-0.4, -0.2) is 193 Å². The Hall–Kier alpha value is -2.25. The highest BCUT2D eigenvalue weighted by Crippen LogP contribution is 2.33. The van der Waals surface area contributed by atoms with Crippen LogP contribution in [0.1, 0.15) is 290 Å². The van der Waals surface area contributed by atoms with Gasteiger partial charge in [0.15, 0.2) is 18.9 Å². The van der Waals surface area contributed by atoms with Crippen molar-refractivity contribution in [1.29, 1.82) is 0 Å². The Bertz CT molecular complexity index is 1890. The first kappa shape index (κ1) is 86.0. The fraction of sp³-hybridized carbons (Fsp3) is 0.880. The molecule has 17 atom stereocenters. The maximum Gasteiger partial charge on any atom is 0.220 e. The number of ether oxygens (including phenoxy) is 6. The summed E-state index contributed by atoms with van der Waals surface area (Å²) in [6.45, 7) is 1.74. The average molecular weight is 1340 g/mol. The van der Waals surface area contributed by atoms with E-state index in [0.29, 0.717) is 12.8 Å². The summed E-state index contributed by atoms with van der Waals surface area (Å²) in [6.07, 6.45) is 42.4. The van der Waals surface area contributed by atoms with Crippen molar-refractivity contribution in [2.24, 2.45) is 0 Å². The van der Waals surface area contributed by atoms with Crippen molar-refractivity contribution in [2.45, 2.75) is 394 Å². The molecule has 1 amide bonds. The van der Waals surface area contributed by atoms with E-state index in [2.05, 4.69) is 55.6 Å². The lowest BCUT2D eigenvalue weighted by molar-refractivity contribution is -0.379. The van der Waals surface area contributed by atoms with E-state index < -0.39 is 124 Å². The Labute approximate surface area is 567 Å². The molecule has 3 aliphatic rings. The summed E-state index contributed by atoms with van der Waals surface area (Å²) in [5.41, 5.74) is 0. The highest BCUT2D eigenvalue weighted by molar-refractivity contribution is 5.76. The molecule has 94 heavy (non-hydrogen) atoms. The molecule has 0 aromatic rings. The number of allylic oxidation sites excluding steroid dienone is 7. The average Bonchev–Trinajstić information content (AvgIpc) is 0.787. The van der Waals surface area contributed by atoms with Gasteiger partial charge in [-0.15, -0.1) is 0 Å². The van der Waals surface area contributed by atoms with Gasteiger partial charge in [0.1, 0.15) is 73.2 Å². The molecule has 3 saturated heterocycles. The van der Waals surface area contributed by atoms with Gasteiger partial charge in [-0.1, -0.05) is 262 Å². The van der Waals surface area contributed by atoms with E-state index in [-0.39, 0.29) is 18.9 Å². The first-order valence-corrected chi connectivity index (χ1v) is 37.9. The number of unbranched alkanes of at least 4 members (excludes halogenated alkanes) is 37. The van der Waals surface area contributed by atoms with Crippen molar-refractivity contribution in [3.63, 3.8) is 0 Å².